The van der Waals surface area contributed by atoms with Gasteiger partial charge < -0.3 is 4.90 Å². The molecular formula is C11H14ClNOS. The standard InChI is InChI=1S/C11H14ClNOS/c1-8(10-3-2-4-15-10)13-7-9(6-12)5-11(13)14/h2-4,8-9H,5-7H2,1H3. The number of hydrogen-bond acceptors (Lipinski definition) is 2. The molecule has 1 aromatic rings. The lowest BCUT2D eigenvalue weighted by Gasteiger charge is -2.23. The van der Waals surface area contributed by atoms with Crippen molar-refractivity contribution < 1.29 is 4.79 Å². The number of rotatable bonds is 3. The highest BCUT2D eigenvalue weighted by Crippen LogP contribution is 2.30. The van der Waals surface area contributed by atoms with Crippen molar-refractivity contribution in [3.8, 4) is 0 Å². The molecular weight excluding hydrogens is 230 g/mol. The number of hydrogen-bond donors (Lipinski definition) is 0. The predicted octanol–water partition coefficient (Wildman–Crippen LogP) is 2.90. The third-order valence-corrected chi connectivity index (χ3v) is 4.36. The fourth-order valence-corrected chi connectivity index (χ4v) is 2.97. The molecule has 1 amide bonds. The van der Waals surface area contributed by atoms with Crippen LogP contribution in [0, 0.1) is 5.92 Å². The first kappa shape index (κ1) is 11.0. The maximum absolute atomic E-state index is 11.8. The first-order valence-electron chi connectivity index (χ1n) is 5.11. The van der Waals surface area contributed by atoms with Crippen LogP contribution in [0.2, 0.25) is 0 Å². The SMILES string of the molecule is CC(c1cccs1)N1CC(CCl)CC1=O. The molecule has 0 spiro atoms. The van der Waals surface area contributed by atoms with Crippen molar-refractivity contribution in [2.75, 3.05) is 12.4 Å². The average molecular weight is 244 g/mol. The van der Waals surface area contributed by atoms with E-state index in [4.69, 9.17) is 11.6 Å². The number of likely N-dealkylation sites (tertiary alicyclic amines) is 1. The molecule has 1 fully saturated rings. The summed E-state index contributed by atoms with van der Waals surface area (Å²) in [6, 6.07) is 4.30. The van der Waals surface area contributed by atoms with Gasteiger partial charge in [-0.05, 0) is 24.3 Å². The number of nitrogens with zero attached hydrogens (tertiary/aromatic N) is 1. The van der Waals surface area contributed by atoms with Crippen LogP contribution in [0.1, 0.15) is 24.3 Å². The monoisotopic (exact) mass is 243 g/mol. The molecule has 82 valence electrons. The fraction of sp³-hybridized carbons (Fsp3) is 0.545. The summed E-state index contributed by atoms with van der Waals surface area (Å²) in [6.45, 7) is 2.89. The Morgan fingerprint density at radius 1 is 1.73 bits per heavy atom. The van der Waals surface area contributed by atoms with Crippen LogP contribution in [0.15, 0.2) is 17.5 Å². The predicted molar refractivity (Wildman–Crippen MR) is 63.3 cm³/mol. The summed E-state index contributed by atoms with van der Waals surface area (Å²) in [6.07, 6.45) is 0.610. The molecule has 2 rings (SSSR count). The van der Waals surface area contributed by atoms with E-state index in [1.54, 1.807) is 11.3 Å². The van der Waals surface area contributed by atoms with Crippen molar-refractivity contribution >= 4 is 28.8 Å². The van der Waals surface area contributed by atoms with Crippen LogP contribution in [0.4, 0.5) is 0 Å². The molecule has 0 bridgehead atoms. The maximum atomic E-state index is 11.8. The molecule has 0 aliphatic carbocycles. The lowest BCUT2D eigenvalue weighted by Crippen LogP contribution is -2.28. The van der Waals surface area contributed by atoms with Crippen LogP contribution in [0.5, 0.6) is 0 Å². The summed E-state index contributed by atoms with van der Waals surface area (Å²) in [5, 5.41) is 2.05. The Bertz CT molecular complexity index is 338. The van der Waals surface area contributed by atoms with Crippen molar-refractivity contribution in [1.29, 1.82) is 0 Å². The van der Waals surface area contributed by atoms with Gasteiger partial charge in [-0.3, -0.25) is 4.79 Å². The Balaban J connectivity index is 2.08. The molecule has 2 atom stereocenters. The summed E-state index contributed by atoms with van der Waals surface area (Å²) in [7, 11) is 0. The van der Waals surface area contributed by atoms with Crippen molar-refractivity contribution in [3.63, 3.8) is 0 Å². The highest BCUT2D eigenvalue weighted by Gasteiger charge is 2.32. The zero-order valence-electron chi connectivity index (χ0n) is 8.65. The third-order valence-electron chi connectivity index (χ3n) is 2.88. The summed E-state index contributed by atoms with van der Waals surface area (Å²) in [5.41, 5.74) is 0. The van der Waals surface area contributed by atoms with Gasteiger partial charge >= 0.3 is 0 Å². The number of halogens is 1. The van der Waals surface area contributed by atoms with Crippen LogP contribution in [0.25, 0.3) is 0 Å². The summed E-state index contributed by atoms with van der Waals surface area (Å²) in [4.78, 5) is 14.9. The van der Waals surface area contributed by atoms with Crippen LogP contribution >= 0.6 is 22.9 Å². The molecule has 1 saturated heterocycles. The quantitative estimate of drug-likeness (QED) is 0.748. The number of amides is 1. The smallest absolute Gasteiger partial charge is 0.223 e. The summed E-state index contributed by atoms with van der Waals surface area (Å²) >= 11 is 7.49. The molecule has 4 heteroatoms. The number of carbonyl (C=O) groups is 1. The number of alkyl halides is 1. The fourth-order valence-electron chi connectivity index (χ4n) is 1.97. The van der Waals surface area contributed by atoms with E-state index in [2.05, 4.69) is 13.0 Å². The minimum absolute atomic E-state index is 0.200. The molecule has 1 aliphatic heterocycles. The summed E-state index contributed by atoms with van der Waals surface area (Å²) in [5.74, 6) is 1.16. The van der Waals surface area contributed by atoms with E-state index in [0.29, 0.717) is 18.2 Å². The molecule has 2 unspecified atom stereocenters. The van der Waals surface area contributed by atoms with Gasteiger partial charge in [0.05, 0.1) is 6.04 Å². The lowest BCUT2D eigenvalue weighted by atomic mass is 10.1. The number of thiophene rings is 1. The Morgan fingerprint density at radius 3 is 3.07 bits per heavy atom. The second-order valence-corrected chi connectivity index (χ2v) is 5.25. The van der Waals surface area contributed by atoms with E-state index in [1.807, 2.05) is 16.3 Å². The lowest BCUT2D eigenvalue weighted by molar-refractivity contribution is -0.129. The van der Waals surface area contributed by atoms with E-state index in [-0.39, 0.29) is 11.9 Å². The molecule has 1 aromatic heterocycles. The average Bonchev–Trinajstić information content (AvgIpc) is 2.85. The second-order valence-electron chi connectivity index (χ2n) is 3.96. The normalized spacial score (nSPS) is 23.5. The van der Waals surface area contributed by atoms with Gasteiger partial charge in [0, 0.05) is 23.7 Å². The van der Waals surface area contributed by atoms with Gasteiger partial charge in [-0.25, -0.2) is 0 Å². The zero-order chi connectivity index (χ0) is 10.8. The van der Waals surface area contributed by atoms with Gasteiger partial charge in [0.1, 0.15) is 0 Å². The van der Waals surface area contributed by atoms with E-state index in [0.717, 1.165) is 6.54 Å². The third kappa shape index (κ3) is 2.18. The molecule has 0 radical (unpaired) electrons. The first-order chi connectivity index (χ1) is 7.22. The molecule has 0 N–H and O–H groups in total. The Labute approximate surface area is 98.8 Å². The molecule has 1 aliphatic rings. The molecule has 15 heavy (non-hydrogen) atoms. The Morgan fingerprint density at radius 2 is 2.53 bits per heavy atom. The van der Waals surface area contributed by atoms with E-state index >= 15 is 0 Å². The minimum atomic E-state index is 0.200. The molecule has 0 saturated carbocycles. The van der Waals surface area contributed by atoms with Crippen molar-refractivity contribution in [2.24, 2.45) is 5.92 Å². The van der Waals surface area contributed by atoms with Gasteiger partial charge in [0.25, 0.3) is 0 Å². The maximum Gasteiger partial charge on any atom is 0.223 e. The van der Waals surface area contributed by atoms with Gasteiger partial charge in [-0.1, -0.05) is 6.07 Å². The van der Waals surface area contributed by atoms with Crippen molar-refractivity contribution in [2.45, 2.75) is 19.4 Å². The van der Waals surface area contributed by atoms with Crippen LogP contribution in [-0.2, 0) is 4.79 Å². The zero-order valence-corrected chi connectivity index (χ0v) is 10.2. The molecule has 0 aromatic carbocycles. The van der Waals surface area contributed by atoms with Crippen molar-refractivity contribution in [3.05, 3.63) is 22.4 Å². The van der Waals surface area contributed by atoms with Gasteiger partial charge in [-0.15, -0.1) is 22.9 Å². The van der Waals surface area contributed by atoms with Crippen LogP contribution in [-0.4, -0.2) is 23.2 Å². The molecule has 2 nitrogen and oxygen atoms in total. The summed E-state index contributed by atoms with van der Waals surface area (Å²) < 4.78 is 0. The van der Waals surface area contributed by atoms with E-state index in [1.165, 1.54) is 4.88 Å². The van der Waals surface area contributed by atoms with Crippen LogP contribution < -0.4 is 0 Å². The largest absolute Gasteiger partial charge is 0.335 e. The van der Waals surface area contributed by atoms with Crippen molar-refractivity contribution in [1.82, 2.24) is 4.90 Å². The van der Waals surface area contributed by atoms with Crippen LogP contribution in [0.3, 0.4) is 0 Å². The first-order valence-corrected chi connectivity index (χ1v) is 6.52. The highest BCUT2D eigenvalue weighted by molar-refractivity contribution is 7.10. The van der Waals surface area contributed by atoms with E-state index in [9.17, 15) is 4.79 Å². The van der Waals surface area contributed by atoms with E-state index < -0.39 is 0 Å². The van der Waals surface area contributed by atoms with Gasteiger partial charge in [0.2, 0.25) is 5.91 Å². The Hall–Kier alpha value is -0.540. The highest BCUT2D eigenvalue weighted by atomic mass is 35.5. The van der Waals surface area contributed by atoms with Gasteiger partial charge in [-0.2, -0.15) is 0 Å². The number of carbonyl (C=O) groups excluding carboxylic acids is 1. The molecule has 2 heterocycles. The second kappa shape index (κ2) is 4.54. The Kier molecular flexibility index (Phi) is 3.32. The minimum Gasteiger partial charge on any atom is -0.335 e. The van der Waals surface area contributed by atoms with Gasteiger partial charge in [0.15, 0.2) is 0 Å². The topological polar surface area (TPSA) is 20.3 Å².